The lowest BCUT2D eigenvalue weighted by molar-refractivity contribution is -0.121. The summed E-state index contributed by atoms with van der Waals surface area (Å²) in [6.07, 6.45) is 0.451. The molecule has 1 aliphatic rings. The minimum Gasteiger partial charge on any atom is -0.444 e. The highest BCUT2D eigenvalue weighted by Gasteiger charge is 2.36. The van der Waals surface area contributed by atoms with Crippen molar-refractivity contribution in [3.8, 4) is 0 Å². The number of amides is 1. The summed E-state index contributed by atoms with van der Waals surface area (Å²) in [5.41, 5.74) is 2.12. The number of fused-ring (bicyclic) bond motifs is 1. The number of nitrogens with one attached hydrogen (secondary N) is 1. The van der Waals surface area contributed by atoms with Crippen molar-refractivity contribution in [1.82, 2.24) is 5.32 Å². The van der Waals surface area contributed by atoms with E-state index in [0.29, 0.717) is 12.0 Å². The third-order valence-corrected chi connectivity index (χ3v) is 5.72. The number of Topliss-reactive ketones (excluding diaryl/α,β-unsaturated/α-hetero) is 1. The second-order valence-corrected chi connectivity index (χ2v) is 9.25. The van der Waals surface area contributed by atoms with Crippen LogP contribution in [0.25, 0.3) is 0 Å². The maximum Gasteiger partial charge on any atom is 0.408 e. The van der Waals surface area contributed by atoms with Crippen LogP contribution in [0.15, 0.2) is 42.5 Å². The fraction of sp³-hybridized carbons (Fsp3) is 0.417. The van der Waals surface area contributed by atoms with Crippen LogP contribution >= 0.6 is 11.6 Å². The molecule has 1 amide bonds. The Hall–Kier alpha value is -2.40. The lowest BCUT2D eigenvalue weighted by Crippen LogP contribution is -2.37. The number of benzene rings is 2. The van der Waals surface area contributed by atoms with Gasteiger partial charge in [-0.25, -0.2) is 9.18 Å². The van der Waals surface area contributed by atoms with Gasteiger partial charge in [-0.05, 0) is 61.9 Å². The normalized spacial score (nSPS) is 19.1. The Morgan fingerprint density at radius 1 is 1.23 bits per heavy atom. The van der Waals surface area contributed by atoms with Crippen LogP contribution in [0.4, 0.5) is 9.18 Å². The van der Waals surface area contributed by atoms with Crippen molar-refractivity contribution in [2.75, 3.05) is 0 Å². The van der Waals surface area contributed by atoms with E-state index in [4.69, 9.17) is 16.3 Å². The van der Waals surface area contributed by atoms with Crippen LogP contribution in [-0.2, 0) is 16.0 Å². The van der Waals surface area contributed by atoms with E-state index in [9.17, 15) is 14.0 Å². The second kappa shape index (κ2) is 8.76. The van der Waals surface area contributed by atoms with Crippen LogP contribution < -0.4 is 5.32 Å². The first-order chi connectivity index (χ1) is 14.0. The summed E-state index contributed by atoms with van der Waals surface area (Å²) in [4.78, 5) is 25.5. The van der Waals surface area contributed by atoms with Crippen LogP contribution in [-0.4, -0.2) is 17.5 Å². The summed E-state index contributed by atoms with van der Waals surface area (Å²) < 4.78 is 18.8. The van der Waals surface area contributed by atoms with Crippen LogP contribution in [0.5, 0.6) is 0 Å². The molecule has 0 aromatic heterocycles. The summed E-state index contributed by atoms with van der Waals surface area (Å²) in [6.45, 7) is 7.21. The smallest absolute Gasteiger partial charge is 0.408 e. The number of hydrogen-bond donors (Lipinski definition) is 1. The molecule has 0 bridgehead atoms. The van der Waals surface area contributed by atoms with Crippen molar-refractivity contribution in [2.45, 2.75) is 58.1 Å². The zero-order valence-electron chi connectivity index (χ0n) is 17.7. The van der Waals surface area contributed by atoms with E-state index in [1.807, 2.05) is 45.0 Å². The van der Waals surface area contributed by atoms with E-state index in [0.717, 1.165) is 11.1 Å². The van der Waals surface area contributed by atoms with Crippen LogP contribution in [0.1, 0.15) is 62.8 Å². The summed E-state index contributed by atoms with van der Waals surface area (Å²) in [6, 6.07) is 11.6. The monoisotopic (exact) mass is 431 g/mol. The van der Waals surface area contributed by atoms with Crippen LogP contribution in [0.3, 0.4) is 0 Å². The largest absolute Gasteiger partial charge is 0.444 e. The Morgan fingerprint density at radius 2 is 1.93 bits per heavy atom. The van der Waals surface area contributed by atoms with E-state index in [1.165, 1.54) is 12.1 Å². The molecule has 30 heavy (non-hydrogen) atoms. The molecule has 0 fully saturated rings. The van der Waals surface area contributed by atoms with Gasteiger partial charge in [0.05, 0.1) is 6.04 Å². The number of ether oxygens (including phenoxy) is 1. The SMILES string of the molecule is CC(C(=O)C[C@H]1Cc2ccccc2[C@@H]1NC(=O)OC(C)(C)C)c1ccc(F)cc1Cl. The third-order valence-electron chi connectivity index (χ3n) is 5.39. The molecule has 0 spiro atoms. The molecule has 3 atom stereocenters. The van der Waals surface area contributed by atoms with Crippen molar-refractivity contribution >= 4 is 23.5 Å². The summed E-state index contributed by atoms with van der Waals surface area (Å²) in [5.74, 6) is -0.998. The number of alkyl carbamates (subject to hydrolysis) is 1. The summed E-state index contributed by atoms with van der Waals surface area (Å²) in [7, 11) is 0. The highest BCUT2D eigenvalue weighted by atomic mass is 35.5. The van der Waals surface area contributed by atoms with Gasteiger partial charge in [0.25, 0.3) is 0 Å². The first-order valence-corrected chi connectivity index (χ1v) is 10.5. The molecule has 0 heterocycles. The van der Waals surface area contributed by atoms with Gasteiger partial charge in [0.15, 0.2) is 0 Å². The van der Waals surface area contributed by atoms with E-state index in [1.54, 1.807) is 13.0 Å². The van der Waals surface area contributed by atoms with Gasteiger partial charge in [0.2, 0.25) is 0 Å². The standard InChI is InChI=1S/C24H27ClFNO3/c1-14(18-10-9-17(26)13-20(18)25)21(28)12-16-11-15-7-5-6-8-19(15)22(16)27-23(29)30-24(2,3)4/h5-10,13-14,16,22H,11-12H2,1-4H3,(H,27,29)/t14?,16-,22-/m1/s1. The molecule has 0 saturated heterocycles. The predicted molar refractivity (Wildman–Crippen MR) is 115 cm³/mol. The first-order valence-electron chi connectivity index (χ1n) is 10.1. The topological polar surface area (TPSA) is 55.4 Å². The zero-order chi connectivity index (χ0) is 22.1. The molecule has 0 radical (unpaired) electrons. The minimum absolute atomic E-state index is 0.00250. The van der Waals surface area contributed by atoms with Crippen molar-refractivity contribution in [1.29, 1.82) is 0 Å². The molecular formula is C24H27ClFNO3. The second-order valence-electron chi connectivity index (χ2n) is 8.84. The van der Waals surface area contributed by atoms with Crippen molar-refractivity contribution in [2.24, 2.45) is 5.92 Å². The molecule has 160 valence electrons. The van der Waals surface area contributed by atoms with Gasteiger partial charge in [-0.2, -0.15) is 0 Å². The Kier molecular flexibility index (Phi) is 6.51. The fourth-order valence-electron chi connectivity index (χ4n) is 3.96. The van der Waals surface area contributed by atoms with Gasteiger partial charge in [-0.15, -0.1) is 0 Å². The highest BCUT2D eigenvalue weighted by molar-refractivity contribution is 6.31. The molecule has 0 aliphatic heterocycles. The molecule has 1 unspecified atom stereocenters. The Morgan fingerprint density at radius 3 is 2.60 bits per heavy atom. The summed E-state index contributed by atoms with van der Waals surface area (Å²) >= 11 is 6.15. The molecule has 1 aliphatic carbocycles. The van der Waals surface area contributed by atoms with Gasteiger partial charge in [0.1, 0.15) is 17.2 Å². The first kappa shape index (κ1) is 22.3. The molecule has 4 nitrogen and oxygen atoms in total. The van der Waals surface area contributed by atoms with Crippen molar-refractivity contribution in [3.05, 3.63) is 70.0 Å². The quantitative estimate of drug-likeness (QED) is 0.633. The summed E-state index contributed by atoms with van der Waals surface area (Å²) in [5, 5.41) is 3.20. The molecule has 1 N–H and O–H groups in total. The Labute approximate surface area is 181 Å². The average Bonchev–Trinajstić information content (AvgIpc) is 2.97. The van der Waals surface area contributed by atoms with Crippen molar-refractivity contribution in [3.63, 3.8) is 0 Å². The fourth-order valence-corrected chi connectivity index (χ4v) is 4.29. The lowest BCUT2D eigenvalue weighted by atomic mass is 9.87. The zero-order valence-corrected chi connectivity index (χ0v) is 18.4. The minimum atomic E-state index is -0.610. The Bertz CT molecular complexity index is 954. The highest BCUT2D eigenvalue weighted by Crippen LogP contribution is 2.39. The number of rotatable bonds is 5. The molecule has 2 aromatic carbocycles. The molecule has 2 aromatic rings. The number of halogens is 2. The van der Waals surface area contributed by atoms with Gasteiger partial charge < -0.3 is 10.1 Å². The van der Waals surface area contributed by atoms with E-state index in [2.05, 4.69) is 5.32 Å². The maximum absolute atomic E-state index is 13.4. The molecule has 6 heteroatoms. The molecule has 3 rings (SSSR count). The van der Waals surface area contributed by atoms with Gasteiger partial charge >= 0.3 is 6.09 Å². The number of ketones is 1. The molecule has 0 saturated carbocycles. The van der Waals surface area contributed by atoms with Crippen LogP contribution in [0, 0.1) is 11.7 Å². The van der Waals surface area contributed by atoms with E-state index in [-0.39, 0.29) is 29.2 Å². The average molecular weight is 432 g/mol. The van der Waals surface area contributed by atoms with Gasteiger partial charge in [0, 0.05) is 17.4 Å². The number of hydrogen-bond acceptors (Lipinski definition) is 3. The third kappa shape index (κ3) is 5.20. The van der Waals surface area contributed by atoms with E-state index >= 15 is 0 Å². The predicted octanol–water partition coefficient (Wildman–Crippen LogP) is 5.98. The van der Waals surface area contributed by atoms with Gasteiger partial charge in [-0.1, -0.05) is 48.9 Å². The van der Waals surface area contributed by atoms with E-state index < -0.39 is 23.4 Å². The number of carbonyl (C=O) groups is 2. The van der Waals surface area contributed by atoms with Gasteiger partial charge in [-0.3, -0.25) is 4.79 Å². The van der Waals surface area contributed by atoms with Crippen LogP contribution in [0.2, 0.25) is 5.02 Å². The number of carbonyl (C=O) groups excluding carboxylic acids is 2. The molecular weight excluding hydrogens is 405 g/mol. The lowest BCUT2D eigenvalue weighted by Gasteiger charge is -2.26. The Balaban J connectivity index is 1.77. The maximum atomic E-state index is 13.4. The van der Waals surface area contributed by atoms with Crippen molar-refractivity contribution < 1.29 is 18.7 Å².